The van der Waals surface area contributed by atoms with Crippen LogP contribution in [0, 0.1) is 0 Å². The molecule has 0 radical (unpaired) electrons. The third kappa shape index (κ3) is 2.64. The molecule has 0 saturated carbocycles. The molecule has 0 N–H and O–H groups in total. The minimum atomic E-state index is 0.528. The molecule has 0 atom stereocenters. The lowest BCUT2D eigenvalue weighted by molar-refractivity contribution is 0.122. The van der Waals surface area contributed by atoms with Crippen LogP contribution in [0.3, 0.4) is 0 Å². The van der Waals surface area contributed by atoms with Gasteiger partial charge in [-0.1, -0.05) is 0 Å². The second-order valence-corrected chi connectivity index (χ2v) is 3.40. The number of hydrogen-bond donors (Lipinski definition) is 0. The highest BCUT2D eigenvalue weighted by molar-refractivity contribution is 5.39. The summed E-state index contributed by atoms with van der Waals surface area (Å²) in [6.07, 6.45) is 1.58. The van der Waals surface area contributed by atoms with E-state index in [0.29, 0.717) is 6.61 Å². The molecule has 1 aliphatic heterocycles. The van der Waals surface area contributed by atoms with Gasteiger partial charge in [0.15, 0.2) is 0 Å². The van der Waals surface area contributed by atoms with Crippen molar-refractivity contribution < 1.29 is 9.47 Å². The lowest BCUT2D eigenvalue weighted by Crippen LogP contribution is -2.36. The highest BCUT2D eigenvalue weighted by atomic mass is 16.5. The van der Waals surface area contributed by atoms with Gasteiger partial charge in [-0.05, 0) is 0 Å². The normalized spacial score (nSPS) is 16.7. The topological polar surface area (TPSA) is 47.5 Å². The van der Waals surface area contributed by atoms with E-state index in [1.807, 2.05) is 6.07 Å². The standard InChI is InChI=1S/C10H15N3O2/c1-14-7-9-6-10(12-8-11-9)13-2-4-15-5-3-13/h6,8H,2-5,7H2,1H3. The summed E-state index contributed by atoms with van der Waals surface area (Å²) in [5.41, 5.74) is 0.911. The van der Waals surface area contributed by atoms with Crippen molar-refractivity contribution in [1.29, 1.82) is 0 Å². The summed E-state index contributed by atoms with van der Waals surface area (Å²) in [4.78, 5) is 10.6. The molecular formula is C10H15N3O2. The molecule has 1 aromatic rings. The summed E-state index contributed by atoms with van der Waals surface area (Å²) in [6.45, 7) is 3.85. The summed E-state index contributed by atoms with van der Waals surface area (Å²) in [5, 5.41) is 0. The summed E-state index contributed by atoms with van der Waals surface area (Å²) >= 11 is 0. The first-order valence-corrected chi connectivity index (χ1v) is 5.02. The zero-order valence-electron chi connectivity index (χ0n) is 8.85. The molecule has 1 aromatic heterocycles. The van der Waals surface area contributed by atoms with E-state index in [4.69, 9.17) is 9.47 Å². The number of nitrogens with zero attached hydrogens (tertiary/aromatic N) is 3. The van der Waals surface area contributed by atoms with E-state index >= 15 is 0 Å². The van der Waals surface area contributed by atoms with Gasteiger partial charge in [0.25, 0.3) is 0 Å². The van der Waals surface area contributed by atoms with Crippen LogP contribution in [0.2, 0.25) is 0 Å². The lowest BCUT2D eigenvalue weighted by atomic mass is 10.3. The van der Waals surface area contributed by atoms with Gasteiger partial charge in [0.1, 0.15) is 12.1 Å². The first-order valence-electron chi connectivity index (χ1n) is 5.02. The van der Waals surface area contributed by atoms with Gasteiger partial charge in [0.2, 0.25) is 0 Å². The van der Waals surface area contributed by atoms with Gasteiger partial charge >= 0.3 is 0 Å². The van der Waals surface area contributed by atoms with Crippen molar-refractivity contribution in [2.45, 2.75) is 6.61 Å². The van der Waals surface area contributed by atoms with E-state index in [0.717, 1.165) is 37.8 Å². The number of rotatable bonds is 3. The summed E-state index contributed by atoms with van der Waals surface area (Å²) < 4.78 is 10.3. The molecule has 82 valence electrons. The highest BCUT2D eigenvalue weighted by Gasteiger charge is 2.12. The third-order valence-corrected chi connectivity index (χ3v) is 2.34. The van der Waals surface area contributed by atoms with Gasteiger partial charge in [-0.15, -0.1) is 0 Å². The molecule has 15 heavy (non-hydrogen) atoms. The molecule has 0 unspecified atom stereocenters. The minimum Gasteiger partial charge on any atom is -0.378 e. The second kappa shape index (κ2) is 5.04. The Morgan fingerprint density at radius 1 is 1.40 bits per heavy atom. The molecular weight excluding hydrogens is 194 g/mol. The summed E-state index contributed by atoms with van der Waals surface area (Å²) in [5.74, 6) is 0.959. The quantitative estimate of drug-likeness (QED) is 0.723. The van der Waals surface area contributed by atoms with Crippen molar-refractivity contribution in [3.05, 3.63) is 18.1 Å². The van der Waals surface area contributed by atoms with E-state index in [2.05, 4.69) is 14.9 Å². The maximum absolute atomic E-state index is 5.29. The van der Waals surface area contributed by atoms with Crippen LogP contribution in [-0.4, -0.2) is 43.4 Å². The van der Waals surface area contributed by atoms with E-state index < -0.39 is 0 Å². The number of aromatic nitrogens is 2. The van der Waals surface area contributed by atoms with Crippen LogP contribution < -0.4 is 4.90 Å². The third-order valence-electron chi connectivity index (χ3n) is 2.34. The molecule has 0 aromatic carbocycles. The first kappa shape index (κ1) is 10.3. The van der Waals surface area contributed by atoms with Crippen LogP contribution >= 0.6 is 0 Å². The molecule has 1 saturated heterocycles. The predicted molar refractivity (Wildman–Crippen MR) is 55.8 cm³/mol. The van der Waals surface area contributed by atoms with Crippen molar-refractivity contribution in [1.82, 2.24) is 9.97 Å². The molecule has 0 aliphatic carbocycles. The van der Waals surface area contributed by atoms with Crippen LogP contribution in [0.15, 0.2) is 12.4 Å². The van der Waals surface area contributed by atoms with Gasteiger partial charge in [0, 0.05) is 26.3 Å². The number of anilines is 1. The molecule has 0 bridgehead atoms. The van der Waals surface area contributed by atoms with Crippen LogP contribution in [0.25, 0.3) is 0 Å². The minimum absolute atomic E-state index is 0.528. The summed E-state index contributed by atoms with van der Waals surface area (Å²) in [6, 6.07) is 1.97. The van der Waals surface area contributed by atoms with Crippen molar-refractivity contribution in [2.75, 3.05) is 38.3 Å². The number of methoxy groups -OCH3 is 1. The molecule has 5 nitrogen and oxygen atoms in total. The Morgan fingerprint density at radius 2 is 2.20 bits per heavy atom. The number of hydrogen-bond acceptors (Lipinski definition) is 5. The van der Waals surface area contributed by atoms with Crippen molar-refractivity contribution >= 4 is 5.82 Å². The monoisotopic (exact) mass is 209 g/mol. The number of ether oxygens (including phenoxy) is 2. The van der Waals surface area contributed by atoms with E-state index in [1.165, 1.54) is 0 Å². The summed E-state index contributed by atoms with van der Waals surface area (Å²) in [7, 11) is 1.66. The van der Waals surface area contributed by atoms with Crippen molar-refractivity contribution in [2.24, 2.45) is 0 Å². The van der Waals surface area contributed by atoms with E-state index in [9.17, 15) is 0 Å². The molecule has 1 fully saturated rings. The van der Waals surface area contributed by atoms with Crippen LogP contribution in [0.1, 0.15) is 5.69 Å². The maximum Gasteiger partial charge on any atom is 0.132 e. The van der Waals surface area contributed by atoms with E-state index in [1.54, 1.807) is 13.4 Å². The SMILES string of the molecule is COCc1cc(N2CCOCC2)ncn1. The van der Waals surface area contributed by atoms with Crippen molar-refractivity contribution in [3.63, 3.8) is 0 Å². The van der Waals surface area contributed by atoms with Gasteiger partial charge in [-0.25, -0.2) is 9.97 Å². The zero-order valence-corrected chi connectivity index (χ0v) is 8.85. The van der Waals surface area contributed by atoms with Crippen LogP contribution in [-0.2, 0) is 16.1 Å². The van der Waals surface area contributed by atoms with E-state index in [-0.39, 0.29) is 0 Å². The Morgan fingerprint density at radius 3 is 2.93 bits per heavy atom. The zero-order chi connectivity index (χ0) is 10.5. The first-order chi connectivity index (χ1) is 7.40. The van der Waals surface area contributed by atoms with Crippen molar-refractivity contribution in [3.8, 4) is 0 Å². The van der Waals surface area contributed by atoms with Gasteiger partial charge in [-0.3, -0.25) is 0 Å². The molecule has 5 heteroatoms. The molecule has 2 heterocycles. The smallest absolute Gasteiger partial charge is 0.132 e. The largest absolute Gasteiger partial charge is 0.378 e. The molecule has 0 spiro atoms. The molecule has 0 amide bonds. The van der Waals surface area contributed by atoms with Crippen LogP contribution in [0.4, 0.5) is 5.82 Å². The van der Waals surface area contributed by atoms with Gasteiger partial charge in [0.05, 0.1) is 25.5 Å². The fourth-order valence-corrected chi connectivity index (χ4v) is 1.58. The fraction of sp³-hybridized carbons (Fsp3) is 0.600. The fourth-order valence-electron chi connectivity index (χ4n) is 1.58. The average Bonchev–Trinajstić information content (AvgIpc) is 2.31. The Labute approximate surface area is 89.0 Å². The average molecular weight is 209 g/mol. The predicted octanol–water partition coefficient (Wildman–Crippen LogP) is 0.460. The highest BCUT2D eigenvalue weighted by Crippen LogP contribution is 2.12. The van der Waals surface area contributed by atoms with Gasteiger partial charge in [-0.2, -0.15) is 0 Å². The van der Waals surface area contributed by atoms with Crippen LogP contribution in [0.5, 0.6) is 0 Å². The Kier molecular flexibility index (Phi) is 3.47. The maximum atomic E-state index is 5.29. The second-order valence-electron chi connectivity index (χ2n) is 3.40. The lowest BCUT2D eigenvalue weighted by Gasteiger charge is -2.27. The number of morpholine rings is 1. The molecule has 1 aliphatic rings. The Balaban J connectivity index is 2.09. The van der Waals surface area contributed by atoms with Gasteiger partial charge < -0.3 is 14.4 Å². The Bertz CT molecular complexity index is 313. The Hall–Kier alpha value is -1.20. The molecule has 2 rings (SSSR count).